The maximum Gasteiger partial charge on any atom is 0.349 e. The summed E-state index contributed by atoms with van der Waals surface area (Å²) >= 11 is 1.46. The molecular formula is C21H24N4O2S. The number of rotatable bonds is 5. The van der Waals surface area contributed by atoms with E-state index in [1.165, 1.54) is 24.0 Å². The van der Waals surface area contributed by atoms with Crippen molar-refractivity contribution in [3.8, 4) is 5.69 Å². The summed E-state index contributed by atoms with van der Waals surface area (Å²) in [6.45, 7) is 5.03. The number of hydrogen-bond donors (Lipinski definition) is 0. The predicted molar refractivity (Wildman–Crippen MR) is 109 cm³/mol. The highest BCUT2D eigenvalue weighted by Gasteiger charge is 2.24. The van der Waals surface area contributed by atoms with Gasteiger partial charge in [-0.3, -0.25) is 4.90 Å². The zero-order valence-corrected chi connectivity index (χ0v) is 17.0. The van der Waals surface area contributed by atoms with Gasteiger partial charge in [0.1, 0.15) is 4.88 Å². The fraction of sp³-hybridized carbons (Fsp3) is 0.381. The summed E-state index contributed by atoms with van der Waals surface area (Å²) < 4.78 is 6.74. The second kappa shape index (κ2) is 8.24. The fourth-order valence-electron chi connectivity index (χ4n) is 3.61. The molecule has 0 spiro atoms. The largest absolute Gasteiger partial charge is 0.465 e. The van der Waals surface area contributed by atoms with E-state index in [1.54, 1.807) is 6.20 Å². The molecule has 0 amide bonds. The first-order valence-corrected chi connectivity index (χ1v) is 10.3. The van der Waals surface area contributed by atoms with E-state index in [1.807, 2.05) is 22.9 Å². The number of nitrogens with zero attached hydrogens (tertiary/aromatic N) is 4. The lowest BCUT2D eigenvalue weighted by Gasteiger charge is -2.30. The van der Waals surface area contributed by atoms with Crippen LogP contribution in [0.4, 0.5) is 0 Å². The van der Waals surface area contributed by atoms with E-state index in [9.17, 15) is 4.79 Å². The molecule has 0 bridgehead atoms. The van der Waals surface area contributed by atoms with Crippen LogP contribution in [0.5, 0.6) is 0 Å². The van der Waals surface area contributed by atoms with Crippen LogP contribution in [0.25, 0.3) is 5.69 Å². The normalized spacial score (nSPS) is 15.6. The van der Waals surface area contributed by atoms with E-state index in [0.717, 1.165) is 48.9 Å². The molecule has 4 rings (SSSR count). The molecule has 3 heterocycles. The molecule has 0 saturated carbocycles. The molecule has 1 fully saturated rings. The first kappa shape index (κ1) is 18.8. The van der Waals surface area contributed by atoms with E-state index in [4.69, 9.17) is 4.74 Å². The summed E-state index contributed by atoms with van der Waals surface area (Å²) in [5, 5.41) is 5.72. The van der Waals surface area contributed by atoms with Gasteiger partial charge in [0.15, 0.2) is 0 Å². The van der Waals surface area contributed by atoms with Crippen molar-refractivity contribution in [2.75, 3.05) is 20.2 Å². The Hall–Kier alpha value is -2.51. The smallest absolute Gasteiger partial charge is 0.349 e. The fourth-order valence-corrected chi connectivity index (χ4v) is 4.62. The third kappa shape index (κ3) is 4.00. The molecule has 1 saturated heterocycles. The Labute approximate surface area is 168 Å². The third-order valence-electron chi connectivity index (χ3n) is 5.26. The number of hydrogen-bond acceptors (Lipinski definition) is 6. The molecule has 1 aliphatic rings. The zero-order valence-electron chi connectivity index (χ0n) is 16.2. The van der Waals surface area contributed by atoms with E-state index in [0.29, 0.717) is 10.8 Å². The van der Waals surface area contributed by atoms with Crippen molar-refractivity contribution < 1.29 is 9.53 Å². The van der Waals surface area contributed by atoms with Crippen LogP contribution in [-0.4, -0.2) is 45.8 Å². The number of carbonyl (C=O) groups is 1. The number of piperidine rings is 1. The van der Waals surface area contributed by atoms with Gasteiger partial charge < -0.3 is 4.74 Å². The lowest BCUT2D eigenvalue weighted by molar-refractivity contribution is 0.0606. The number of likely N-dealkylation sites (tertiary alicyclic amines) is 1. The van der Waals surface area contributed by atoms with E-state index in [-0.39, 0.29) is 5.97 Å². The highest BCUT2D eigenvalue weighted by atomic mass is 32.1. The van der Waals surface area contributed by atoms with Crippen LogP contribution in [-0.2, 0) is 11.3 Å². The van der Waals surface area contributed by atoms with Crippen molar-refractivity contribution in [1.82, 2.24) is 19.7 Å². The van der Waals surface area contributed by atoms with Gasteiger partial charge >= 0.3 is 5.97 Å². The number of ether oxygens (including phenoxy) is 1. The molecule has 0 radical (unpaired) electrons. The Morgan fingerprint density at radius 1 is 1.25 bits per heavy atom. The van der Waals surface area contributed by atoms with Crippen molar-refractivity contribution in [3.05, 3.63) is 63.9 Å². The number of esters is 1. The predicted octanol–water partition coefficient (Wildman–Crippen LogP) is 3.80. The second-order valence-corrected chi connectivity index (χ2v) is 8.19. The molecule has 2 aromatic heterocycles. The summed E-state index contributed by atoms with van der Waals surface area (Å²) in [5.41, 5.74) is 3.43. The zero-order chi connectivity index (χ0) is 19.5. The Balaban J connectivity index is 1.37. The lowest BCUT2D eigenvalue weighted by atomic mass is 9.97. The minimum atomic E-state index is -0.299. The van der Waals surface area contributed by atoms with Crippen molar-refractivity contribution in [2.45, 2.75) is 32.2 Å². The topological polar surface area (TPSA) is 60.2 Å². The van der Waals surface area contributed by atoms with Gasteiger partial charge in [0.2, 0.25) is 0 Å². The van der Waals surface area contributed by atoms with Gasteiger partial charge in [-0.15, -0.1) is 11.3 Å². The minimum Gasteiger partial charge on any atom is -0.465 e. The van der Waals surface area contributed by atoms with Gasteiger partial charge in [-0.25, -0.2) is 14.5 Å². The van der Waals surface area contributed by atoms with Crippen LogP contribution in [0.15, 0.2) is 42.7 Å². The summed E-state index contributed by atoms with van der Waals surface area (Å²) in [5.74, 6) is 0.125. The monoisotopic (exact) mass is 396 g/mol. The van der Waals surface area contributed by atoms with Crippen molar-refractivity contribution in [2.24, 2.45) is 0 Å². The average Bonchev–Trinajstić information content (AvgIpc) is 3.36. The Morgan fingerprint density at radius 3 is 2.71 bits per heavy atom. The van der Waals surface area contributed by atoms with Gasteiger partial charge in [-0.05, 0) is 45.0 Å². The molecule has 0 N–H and O–H groups in total. The first-order chi connectivity index (χ1) is 13.6. The van der Waals surface area contributed by atoms with Gasteiger partial charge in [0, 0.05) is 24.2 Å². The minimum absolute atomic E-state index is 0.299. The third-order valence-corrected chi connectivity index (χ3v) is 6.40. The Kier molecular flexibility index (Phi) is 5.54. The molecule has 1 aliphatic heterocycles. The summed E-state index contributed by atoms with van der Waals surface area (Å²) in [6.07, 6.45) is 5.89. The van der Waals surface area contributed by atoms with Gasteiger partial charge in [0.05, 0.1) is 29.7 Å². The number of para-hydroxylation sites is 1. The number of aryl methyl sites for hydroxylation is 1. The summed E-state index contributed by atoms with van der Waals surface area (Å²) in [4.78, 5) is 19.2. The lowest BCUT2D eigenvalue weighted by Crippen LogP contribution is -2.32. The molecule has 7 heteroatoms. The molecule has 0 aliphatic carbocycles. The van der Waals surface area contributed by atoms with Crippen molar-refractivity contribution in [3.63, 3.8) is 0 Å². The molecule has 0 unspecified atom stereocenters. The number of aromatic nitrogens is 3. The summed E-state index contributed by atoms with van der Waals surface area (Å²) in [7, 11) is 1.40. The quantitative estimate of drug-likeness (QED) is 0.614. The number of benzene rings is 1. The highest BCUT2D eigenvalue weighted by molar-refractivity contribution is 7.13. The second-order valence-electron chi connectivity index (χ2n) is 7.12. The molecule has 3 aromatic rings. The number of thiazole rings is 1. The van der Waals surface area contributed by atoms with Crippen molar-refractivity contribution in [1.29, 1.82) is 0 Å². The van der Waals surface area contributed by atoms with Crippen LogP contribution < -0.4 is 0 Å². The maximum absolute atomic E-state index is 11.6. The Bertz CT molecular complexity index is 942. The maximum atomic E-state index is 11.6. The van der Waals surface area contributed by atoms with Crippen LogP contribution in [0.1, 0.15) is 44.7 Å². The van der Waals surface area contributed by atoms with Crippen LogP contribution in [0.3, 0.4) is 0 Å². The Morgan fingerprint density at radius 2 is 2.00 bits per heavy atom. The standard InChI is InChI=1S/C21H24N4O2S/c1-15-17(14-25(23-15)18-6-4-3-5-7-18)13-24-10-8-16(9-11-24)20-22-12-19(28-20)21(26)27-2/h3-7,12,14,16H,8-11,13H2,1-2H3. The molecule has 0 atom stereocenters. The first-order valence-electron chi connectivity index (χ1n) is 9.51. The van der Waals surface area contributed by atoms with Gasteiger partial charge in [-0.2, -0.15) is 5.10 Å². The van der Waals surface area contributed by atoms with E-state index >= 15 is 0 Å². The average molecular weight is 397 g/mol. The molecule has 6 nitrogen and oxygen atoms in total. The summed E-state index contributed by atoms with van der Waals surface area (Å²) in [6, 6.07) is 10.2. The van der Waals surface area contributed by atoms with E-state index < -0.39 is 0 Å². The van der Waals surface area contributed by atoms with E-state index in [2.05, 4.69) is 40.2 Å². The SMILES string of the molecule is COC(=O)c1cnc(C2CCN(Cc3cn(-c4ccccc4)nc3C)CC2)s1. The van der Waals surface area contributed by atoms with Gasteiger partial charge in [0.25, 0.3) is 0 Å². The van der Waals surface area contributed by atoms with Crippen LogP contribution in [0, 0.1) is 6.92 Å². The molecule has 146 valence electrons. The number of methoxy groups -OCH3 is 1. The van der Waals surface area contributed by atoms with Crippen LogP contribution in [0.2, 0.25) is 0 Å². The molecule has 28 heavy (non-hydrogen) atoms. The molecule has 1 aromatic carbocycles. The van der Waals surface area contributed by atoms with Crippen molar-refractivity contribution >= 4 is 17.3 Å². The van der Waals surface area contributed by atoms with Gasteiger partial charge in [-0.1, -0.05) is 18.2 Å². The van der Waals surface area contributed by atoms with Crippen LogP contribution >= 0.6 is 11.3 Å². The molecular weight excluding hydrogens is 372 g/mol. The number of carbonyl (C=O) groups excluding carboxylic acids is 1. The highest BCUT2D eigenvalue weighted by Crippen LogP contribution is 2.32.